The van der Waals surface area contributed by atoms with E-state index in [1.807, 2.05) is 28.4 Å². The molecule has 1 unspecified atom stereocenters. The molecule has 31 heavy (non-hydrogen) atoms. The molecule has 1 N–H and O–H groups in total. The molecule has 9 heteroatoms. The number of amides is 1. The number of carbonyl (C=O) groups is 1. The molecule has 2 aliphatic rings. The number of piperidine rings is 1. The van der Waals surface area contributed by atoms with Crippen LogP contribution in [0.4, 0.5) is 0 Å². The number of rotatable bonds is 5. The molecule has 0 bridgehead atoms. The lowest BCUT2D eigenvalue weighted by molar-refractivity contribution is -0.129. The summed E-state index contributed by atoms with van der Waals surface area (Å²) >= 11 is 1.72. The van der Waals surface area contributed by atoms with Crippen LogP contribution >= 0.6 is 11.3 Å². The van der Waals surface area contributed by atoms with Gasteiger partial charge in [-0.15, -0.1) is 16.4 Å². The van der Waals surface area contributed by atoms with Crippen molar-refractivity contribution in [1.29, 1.82) is 0 Å². The van der Waals surface area contributed by atoms with Gasteiger partial charge in [-0.05, 0) is 38.4 Å². The Hall–Kier alpha value is -2.62. The monoisotopic (exact) mass is 438 g/mol. The second-order valence-corrected chi connectivity index (χ2v) is 9.28. The van der Waals surface area contributed by atoms with Gasteiger partial charge in [-0.2, -0.15) is 0 Å². The quantitative estimate of drug-likeness (QED) is 0.659. The molecule has 1 aromatic carbocycles. The van der Waals surface area contributed by atoms with Crippen molar-refractivity contribution in [3.63, 3.8) is 0 Å². The molecule has 2 aliphatic heterocycles. The third-order valence-electron chi connectivity index (χ3n) is 6.15. The smallest absolute Gasteiger partial charge is 0.251 e. The third-order valence-corrected chi connectivity index (χ3v) is 7.07. The number of hydrogen-bond donors (Lipinski definition) is 1. The number of fused-ring (bicyclic) bond motifs is 1. The molecule has 1 atom stereocenters. The van der Waals surface area contributed by atoms with Crippen molar-refractivity contribution in [3.8, 4) is 0 Å². The number of hydrogen-bond acceptors (Lipinski definition) is 7. The largest absolute Gasteiger partial charge is 0.365 e. The van der Waals surface area contributed by atoms with E-state index in [2.05, 4.69) is 32.4 Å². The van der Waals surface area contributed by atoms with Gasteiger partial charge in [0.15, 0.2) is 0 Å². The second-order valence-electron chi connectivity index (χ2n) is 8.34. The summed E-state index contributed by atoms with van der Waals surface area (Å²) in [6.45, 7) is 6.45. The molecule has 8 nitrogen and oxygen atoms in total. The summed E-state index contributed by atoms with van der Waals surface area (Å²) < 4.78 is 8.40. The first kappa shape index (κ1) is 20.3. The van der Waals surface area contributed by atoms with Crippen LogP contribution in [0.5, 0.6) is 0 Å². The van der Waals surface area contributed by atoms with Gasteiger partial charge in [0.05, 0.1) is 36.6 Å². The maximum atomic E-state index is 12.3. The Balaban J connectivity index is 1.23. The van der Waals surface area contributed by atoms with Crippen LogP contribution in [0.2, 0.25) is 0 Å². The van der Waals surface area contributed by atoms with Crippen molar-refractivity contribution in [2.24, 2.45) is 0 Å². The fraction of sp³-hybridized carbons (Fsp3) is 0.455. The van der Waals surface area contributed by atoms with Gasteiger partial charge in [0.25, 0.3) is 5.91 Å². The van der Waals surface area contributed by atoms with Crippen molar-refractivity contribution in [1.82, 2.24) is 30.2 Å². The van der Waals surface area contributed by atoms with Crippen molar-refractivity contribution in [2.75, 3.05) is 13.1 Å². The van der Waals surface area contributed by atoms with E-state index in [-0.39, 0.29) is 11.5 Å². The molecule has 162 valence electrons. The number of likely N-dealkylation sites (tertiary alicyclic amines) is 1. The molecule has 0 radical (unpaired) electrons. The number of thiazole rings is 1. The molecular formula is C22H26N6O2S. The molecule has 0 aliphatic carbocycles. The lowest BCUT2D eigenvalue weighted by atomic mass is 9.91. The topological polar surface area (TPSA) is 85.2 Å². The molecule has 3 aromatic rings. The van der Waals surface area contributed by atoms with Crippen molar-refractivity contribution in [2.45, 2.75) is 51.6 Å². The number of nitrogens with zero attached hydrogens (tertiary/aromatic N) is 5. The molecule has 1 fully saturated rings. The number of benzene rings is 1. The summed E-state index contributed by atoms with van der Waals surface area (Å²) in [4.78, 5) is 20.5. The Kier molecular flexibility index (Phi) is 5.56. The van der Waals surface area contributed by atoms with Crippen LogP contribution in [0.1, 0.15) is 45.2 Å². The lowest BCUT2D eigenvalue weighted by Crippen LogP contribution is -2.54. The summed E-state index contributed by atoms with van der Waals surface area (Å²) in [6.07, 6.45) is 2.12. The van der Waals surface area contributed by atoms with Crippen LogP contribution < -0.4 is 5.32 Å². The van der Waals surface area contributed by atoms with Gasteiger partial charge >= 0.3 is 0 Å². The number of nitrogens with one attached hydrogen (secondary N) is 1. The molecular weight excluding hydrogens is 412 g/mol. The minimum atomic E-state index is -0.234. The molecule has 0 saturated carbocycles. The van der Waals surface area contributed by atoms with Crippen molar-refractivity contribution < 1.29 is 9.53 Å². The van der Waals surface area contributed by atoms with E-state index in [0.29, 0.717) is 25.3 Å². The Morgan fingerprint density at radius 2 is 2.16 bits per heavy atom. The summed E-state index contributed by atoms with van der Waals surface area (Å²) in [5.74, 6) is -0.114. The highest BCUT2D eigenvalue weighted by atomic mass is 32.1. The normalized spacial score (nSPS) is 21.2. The molecule has 1 spiro atoms. The van der Waals surface area contributed by atoms with Crippen LogP contribution in [0.25, 0.3) is 0 Å². The van der Waals surface area contributed by atoms with E-state index in [1.54, 1.807) is 23.5 Å². The van der Waals surface area contributed by atoms with Crippen molar-refractivity contribution >= 4 is 17.2 Å². The van der Waals surface area contributed by atoms with E-state index in [4.69, 9.17) is 4.74 Å². The minimum absolute atomic E-state index is 0.114. The maximum absolute atomic E-state index is 12.3. The minimum Gasteiger partial charge on any atom is -0.365 e. The molecule has 4 heterocycles. The van der Waals surface area contributed by atoms with E-state index in [0.717, 1.165) is 49.6 Å². The molecule has 2 aromatic heterocycles. The zero-order valence-electron chi connectivity index (χ0n) is 17.6. The summed E-state index contributed by atoms with van der Waals surface area (Å²) in [7, 11) is 0. The average Bonchev–Trinajstić information content (AvgIpc) is 3.38. The van der Waals surface area contributed by atoms with Gasteiger partial charge in [0, 0.05) is 23.5 Å². The van der Waals surface area contributed by atoms with Crippen molar-refractivity contribution in [3.05, 3.63) is 63.4 Å². The van der Waals surface area contributed by atoms with Crippen LogP contribution in [0.15, 0.2) is 35.8 Å². The zero-order chi connectivity index (χ0) is 21.3. The zero-order valence-corrected chi connectivity index (χ0v) is 18.4. The summed E-state index contributed by atoms with van der Waals surface area (Å²) in [5.41, 5.74) is 5.16. The maximum Gasteiger partial charge on any atom is 0.251 e. The van der Waals surface area contributed by atoms with Gasteiger partial charge < -0.3 is 10.1 Å². The van der Waals surface area contributed by atoms with E-state index in [9.17, 15) is 4.79 Å². The fourth-order valence-electron chi connectivity index (χ4n) is 4.44. The summed E-state index contributed by atoms with van der Waals surface area (Å²) in [5, 5.41) is 11.6. The Labute approximate surface area is 185 Å². The van der Waals surface area contributed by atoms with E-state index < -0.39 is 0 Å². The standard InChI is InChI=1S/C22H26N6O2S/c1-16-20(31-15-24-16)11-27-9-5-8-22(13-27)14-28-19(12-30-22)18(25-26-28)10-23-21(29)17-6-3-2-4-7-17/h2-4,6-7,15H,5,8-14H2,1H3,(H,23,29). The fourth-order valence-corrected chi connectivity index (χ4v) is 5.26. The van der Waals surface area contributed by atoms with Gasteiger partial charge in [-0.25, -0.2) is 9.67 Å². The highest BCUT2D eigenvalue weighted by Crippen LogP contribution is 2.33. The first-order chi connectivity index (χ1) is 15.1. The van der Waals surface area contributed by atoms with E-state index >= 15 is 0 Å². The highest BCUT2D eigenvalue weighted by molar-refractivity contribution is 7.09. The number of carbonyl (C=O) groups excluding carboxylic acids is 1. The van der Waals surface area contributed by atoms with Gasteiger partial charge in [-0.1, -0.05) is 23.4 Å². The first-order valence-electron chi connectivity index (χ1n) is 10.6. The van der Waals surface area contributed by atoms with Gasteiger partial charge in [0.2, 0.25) is 0 Å². The first-order valence-corrected chi connectivity index (χ1v) is 11.5. The predicted octanol–water partition coefficient (Wildman–Crippen LogP) is 2.54. The number of ether oxygens (including phenoxy) is 1. The summed E-state index contributed by atoms with van der Waals surface area (Å²) in [6, 6.07) is 9.19. The number of aryl methyl sites for hydroxylation is 1. The van der Waals surface area contributed by atoms with Crippen LogP contribution in [0, 0.1) is 6.92 Å². The molecule has 1 amide bonds. The molecule has 5 rings (SSSR count). The Bertz CT molecular complexity index is 1070. The van der Waals surface area contributed by atoms with Crippen LogP contribution in [0.3, 0.4) is 0 Å². The highest BCUT2D eigenvalue weighted by Gasteiger charge is 2.41. The predicted molar refractivity (Wildman–Crippen MR) is 117 cm³/mol. The molecule has 1 saturated heterocycles. The van der Waals surface area contributed by atoms with E-state index in [1.165, 1.54) is 4.88 Å². The number of aromatic nitrogens is 4. The second kappa shape index (κ2) is 8.49. The SMILES string of the molecule is Cc1ncsc1CN1CCCC2(C1)Cn1nnc(CNC(=O)c3ccccc3)c1CO2. The Morgan fingerprint density at radius 1 is 1.29 bits per heavy atom. The van der Waals surface area contributed by atoms with Crippen LogP contribution in [-0.2, 0) is 31.0 Å². The Morgan fingerprint density at radius 3 is 2.97 bits per heavy atom. The van der Waals surface area contributed by atoms with Gasteiger partial charge in [0.1, 0.15) is 11.3 Å². The third kappa shape index (κ3) is 4.26. The average molecular weight is 439 g/mol. The van der Waals surface area contributed by atoms with Gasteiger partial charge in [-0.3, -0.25) is 9.69 Å². The van der Waals surface area contributed by atoms with Crippen LogP contribution in [-0.4, -0.2) is 49.5 Å². The lowest BCUT2D eigenvalue weighted by Gasteiger charge is -2.44.